The summed E-state index contributed by atoms with van der Waals surface area (Å²) < 4.78 is 36.8. The Morgan fingerprint density at radius 1 is 1.33 bits per heavy atom. The molecule has 15 heavy (non-hydrogen) atoms. The van der Waals surface area contributed by atoms with Gasteiger partial charge in [-0.25, -0.2) is 0 Å². The first-order chi connectivity index (χ1) is 6.90. The molecule has 1 aliphatic heterocycles. The van der Waals surface area contributed by atoms with E-state index < -0.39 is 18.3 Å². The van der Waals surface area contributed by atoms with Gasteiger partial charge in [-0.05, 0) is 31.4 Å². The van der Waals surface area contributed by atoms with Crippen LogP contribution in [0.3, 0.4) is 0 Å². The number of nitrogens with two attached hydrogens (primary N) is 1. The van der Waals surface area contributed by atoms with Gasteiger partial charge in [0.2, 0.25) is 0 Å². The van der Waals surface area contributed by atoms with Crippen molar-refractivity contribution in [3.05, 3.63) is 0 Å². The number of thioether (sulfide) groups is 1. The molecule has 2 nitrogen and oxygen atoms in total. The van der Waals surface area contributed by atoms with Gasteiger partial charge in [0.05, 0.1) is 6.54 Å². The van der Waals surface area contributed by atoms with E-state index in [1.54, 1.807) is 11.8 Å². The van der Waals surface area contributed by atoms with Crippen molar-refractivity contribution >= 4 is 11.8 Å². The van der Waals surface area contributed by atoms with E-state index in [-0.39, 0.29) is 0 Å². The molecule has 0 atom stereocenters. The summed E-state index contributed by atoms with van der Waals surface area (Å²) in [4.78, 5) is 1.38. The molecular formula is C9H17F3N2S. The average Bonchev–Trinajstić information content (AvgIpc) is 2.16. The molecule has 0 spiro atoms. The summed E-state index contributed by atoms with van der Waals surface area (Å²) in [6, 6.07) is 0. The van der Waals surface area contributed by atoms with E-state index in [0.717, 1.165) is 24.3 Å². The van der Waals surface area contributed by atoms with Gasteiger partial charge in [-0.15, -0.1) is 0 Å². The van der Waals surface area contributed by atoms with Crippen molar-refractivity contribution in [3.8, 4) is 0 Å². The maximum Gasteiger partial charge on any atom is 0.401 e. The van der Waals surface area contributed by atoms with Crippen molar-refractivity contribution in [2.75, 3.05) is 31.6 Å². The van der Waals surface area contributed by atoms with Crippen molar-refractivity contribution in [2.24, 2.45) is 5.73 Å². The highest BCUT2D eigenvalue weighted by molar-refractivity contribution is 7.99. The zero-order valence-corrected chi connectivity index (χ0v) is 9.63. The fourth-order valence-corrected chi connectivity index (χ4v) is 3.18. The van der Waals surface area contributed by atoms with Gasteiger partial charge < -0.3 is 5.73 Å². The second-order valence-electron chi connectivity index (χ2n) is 4.01. The van der Waals surface area contributed by atoms with Crippen LogP contribution in [0, 0.1) is 0 Å². The van der Waals surface area contributed by atoms with Crippen molar-refractivity contribution in [2.45, 2.75) is 24.6 Å². The van der Waals surface area contributed by atoms with Crippen LogP contribution >= 0.6 is 11.8 Å². The lowest BCUT2D eigenvalue weighted by Gasteiger charge is -2.44. The smallest absolute Gasteiger partial charge is 0.329 e. The summed E-state index contributed by atoms with van der Waals surface area (Å²) >= 11 is 1.78. The number of likely N-dealkylation sites (N-methyl/N-ethyl adjacent to an activating group) is 1. The van der Waals surface area contributed by atoms with Gasteiger partial charge in [0.1, 0.15) is 0 Å². The van der Waals surface area contributed by atoms with Crippen molar-refractivity contribution in [1.29, 1.82) is 0 Å². The van der Waals surface area contributed by atoms with Crippen molar-refractivity contribution in [1.82, 2.24) is 4.90 Å². The highest BCUT2D eigenvalue weighted by Gasteiger charge is 2.40. The Kier molecular flexibility index (Phi) is 4.31. The number of rotatable bonds is 3. The molecule has 0 aromatic heterocycles. The lowest BCUT2D eigenvalue weighted by Crippen LogP contribution is -2.56. The number of hydrogen-bond acceptors (Lipinski definition) is 3. The minimum atomic E-state index is -4.14. The fourth-order valence-electron chi connectivity index (χ4n) is 1.93. The van der Waals surface area contributed by atoms with Crippen LogP contribution < -0.4 is 5.73 Å². The molecule has 90 valence electrons. The molecule has 0 saturated carbocycles. The maximum absolute atomic E-state index is 12.3. The predicted octanol–water partition coefficient (Wildman–Crippen LogP) is 1.71. The van der Waals surface area contributed by atoms with Crippen LogP contribution in [0.4, 0.5) is 13.2 Å². The van der Waals surface area contributed by atoms with Crippen LogP contribution in [0.15, 0.2) is 0 Å². The molecule has 0 aliphatic carbocycles. The zero-order valence-electron chi connectivity index (χ0n) is 8.81. The molecule has 0 unspecified atom stereocenters. The number of alkyl halides is 3. The molecule has 0 amide bonds. The summed E-state index contributed by atoms with van der Waals surface area (Å²) in [5, 5.41) is 0. The van der Waals surface area contributed by atoms with Crippen LogP contribution in [0.25, 0.3) is 0 Å². The third kappa shape index (κ3) is 3.53. The van der Waals surface area contributed by atoms with E-state index >= 15 is 0 Å². The van der Waals surface area contributed by atoms with E-state index in [4.69, 9.17) is 5.73 Å². The Bertz CT molecular complexity index is 202. The largest absolute Gasteiger partial charge is 0.401 e. The highest BCUT2D eigenvalue weighted by atomic mass is 32.2. The Morgan fingerprint density at radius 2 is 1.87 bits per heavy atom. The van der Waals surface area contributed by atoms with E-state index in [2.05, 4.69) is 0 Å². The standard InChI is InChI=1S/C9H17F3N2S/c1-14(7-9(10,11)12)8(6-13)2-4-15-5-3-8/h2-7,13H2,1H3. The van der Waals surface area contributed by atoms with E-state index in [9.17, 15) is 13.2 Å². The van der Waals surface area contributed by atoms with Gasteiger partial charge >= 0.3 is 6.18 Å². The summed E-state index contributed by atoms with van der Waals surface area (Å²) in [6.45, 7) is -0.561. The van der Waals surface area contributed by atoms with E-state index in [1.807, 2.05) is 0 Å². The van der Waals surface area contributed by atoms with Crippen LogP contribution in [0.5, 0.6) is 0 Å². The molecule has 0 aromatic carbocycles. The molecule has 1 heterocycles. The molecule has 1 aliphatic rings. The van der Waals surface area contributed by atoms with Crippen LogP contribution in [-0.2, 0) is 0 Å². The molecule has 2 N–H and O–H groups in total. The Morgan fingerprint density at radius 3 is 2.27 bits per heavy atom. The Hall–Kier alpha value is 0.0600. The van der Waals surface area contributed by atoms with Gasteiger partial charge in [-0.2, -0.15) is 24.9 Å². The molecule has 0 radical (unpaired) electrons. The first kappa shape index (κ1) is 13.1. The van der Waals surface area contributed by atoms with Gasteiger partial charge in [-0.3, -0.25) is 4.90 Å². The zero-order chi connectivity index (χ0) is 11.5. The van der Waals surface area contributed by atoms with Crippen LogP contribution in [0.1, 0.15) is 12.8 Å². The quantitative estimate of drug-likeness (QED) is 0.817. The fraction of sp³-hybridized carbons (Fsp3) is 1.00. The summed E-state index contributed by atoms with van der Waals surface area (Å²) in [5.74, 6) is 1.80. The Labute approximate surface area is 92.4 Å². The summed E-state index contributed by atoms with van der Waals surface area (Å²) in [5.41, 5.74) is 5.20. The number of hydrogen-bond donors (Lipinski definition) is 1. The van der Waals surface area contributed by atoms with Crippen LogP contribution in [0.2, 0.25) is 0 Å². The molecule has 1 rings (SSSR count). The van der Waals surface area contributed by atoms with E-state index in [1.165, 1.54) is 11.9 Å². The summed E-state index contributed by atoms with van der Waals surface area (Å²) in [6.07, 6.45) is -2.64. The molecule has 0 aromatic rings. The van der Waals surface area contributed by atoms with Crippen molar-refractivity contribution in [3.63, 3.8) is 0 Å². The molecule has 1 fully saturated rings. The normalized spacial score (nSPS) is 22.0. The number of nitrogens with zero attached hydrogens (tertiary/aromatic N) is 1. The first-order valence-electron chi connectivity index (χ1n) is 4.95. The Balaban J connectivity index is 2.63. The third-order valence-electron chi connectivity index (χ3n) is 3.03. The SMILES string of the molecule is CN(CC(F)(F)F)C1(CN)CCSCC1. The number of halogens is 3. The van der Waals surface area contributed by atoms with Crippen molar-refractivity contribution < 1.29 is 13.2 Å². The molecular weight excluding hydrogens is 225 g/mol. The minimum Gasteiger partial charge on any atom is -0.329 e. The highest BCUT2D eigenvalue weighted by Crippen LogP contribution is 2.32. The summed E-state index contributed by atoms with van der Waals surface area (Å²) in [7, 11) is 1.52. The second kappa shape index (κ2) is 4.93. The van der Waals surface area contributed by atoms with Crippen LogP contribution in [-0.4, -0.2) is 48.3 Å². The molecule has 1 saturated heterocycles. The van der Waals surface area contributed by atoms with Gasteiger partial charge in [0.25, 0.3) is 0 Å². The average molecular weight is 242 g/mol. The van der Waals surface area contributed by atoms with Gasteiger partial charge in [0.15, 0.2) is 0 Å². The topological polar surface area (TPSA) is 29.3 Å². The molecule has 6 heteroatoms. The third-order valence-corrected chi connectivity index (χ3v) is 4.02. The van der Waals surface area contributed by atoms with Gasteiger partial charge in [-0.1, -0.05) is 0 Å². The van der Waals surface area contributed by atoms with Gasteiger partial charge in [0, 0.05) is 12.1 Å². The lowest BCUT2D eigenvalue weighted by atomic mass is 9.90. The predicted molar refractivity (Wildman–Crippen MR) is 57.0 cm³/mol. The maximum atomic E-state index is 12.3. The monoisotopic (exact) mass is 242 g/mol. The second-order valence-corrected chi connectivity index (χ2v) is 5.24. The molecule has 0 bridgehead atoms. The first-order valence-corrected chi connectivity index (χ1v) is 6.11. The van der Waals surface area contributed by atoms with E-state index in [0.29, 0.717) is 6.54 Å². The lowest BCUT2D eigenvalue weighted by molar-refractivity contribution is -0.155. The minimum absolute atomic E-state index is 0.306.